The van der Waals surface area contributed by atoms with Crippen molar-refractivity contribution in [3.8, 4) is 11.5 Å². The molecule has 0 aliphatic carbocycles. The third-order valence-corrected chi connectivity index (χ3v) is 2.55. The van der Waals surface area contributed by atoms with E-state index in [4.69, 9.17) is 15.9 Å². The van der Waals surface area contributed by atoms with Gasteiger partial charge in [-0.15, -0.1) is 0 Å². The highest BCUT2D eigenvalue weighted by Gasteiger charge is 2.34. The number of aromatic nitrogens is 1. The Kier molecular flexibility index (Phi) is 3.79. The van der Waals surface area contributed by atoms with Gasteiger partial charge in [0.1, 0.15) is 17.4 Å². The number of nitrogens with two attached hydrogens (primary N) is 1. The van der Waals surface area contributed by atoms with Crippen LogP contribution in [0.5, 0.6) is 11.5 Å². The molecule has 0 aliphatic rings. The zero-order chi connectivity index (χ0) is 15.6. The minimum Gasteiger partial charge on any atom is -0.455 e. The number of ether oxygens (including phenoxy) is 1. The van der Waals surface area contributed by atoms with Crippen molar-refractivity contribution in [1.29, 1.82) is 5.41 Å². The van der Waals surface area contributed by atoms with Gasteiger partial charge in [-0.05, 0) is 24.3 Å². The lowest BCUT2D eigenvalue weighted by atomic mass is 10.2. The molecule has 110 valence electrons. The van der Waals surface area contributed by atoms with Crippen LogP contribution >= 0.6 is 0 Å². The number of halogens is 4. The number of nitrogens with one attached hydrogen (secondary N) is 1. The molecule has 1 aromatic carbocycles. The predicted octanol–water partition coefficient (Wildman–Crippen LogP) is 3.32. The van der Waals surface area contributed by atoms with Crippen LogP contribution in [0.2, 0.25) is 0 Å². The number of amidine groups is 1. The number of rotatable bonds is 3. The zero-order valence-corrected chi connectivity index (χ0v) is 10.4. The van der Waals surface area contributed by atoms with Crippen molar-refractivity contribution in [2.75, 3.05) is 0 Å². The van der Waals surface area contributed by atoms with E-state index in [0.29, 0.717) is 12.1 Å². The molecule has 2 aromatic rings. The third kappa shape index (κ3) is 3.28. The van der Waals surface area contributed by atoms with Gasteiger partial charge in [-0.2, -0.15) is 13.2 Å². The van der Waals surface area contributed by atoms with Gasteiger partial charge in [0.2, 0.25) is 0 Å². The van der Waals surface area contributed by atoms with Crippen LogP contribution in [0.3, 0.4) is 0 Å². The largest absolute Gasteiger partial charge is 0.455 e. The summed E-state index contributed by atoms with van der Waals surface area (Å²) >= 11 is 0. The van der Waals surface area contributed by atoms with E-state index < -0.39 is 17.6 Å². The normalized spacial score (nSPS) is 11.2. The first-order chi connectivity index (χ1) is 9.79. The Morgan fingerprint density at radius 3 is 2.57 bits per heavy atom. The summed E-state index contributed by atoms with van der Waals surface area (Å²) in [6, 6.07) is 3.61. The molecule has 8 heteroatoms. The Morgan fingerprint density at radius 1 is 1.24 bits per heavy atom. The van der Waals surface area contributed by atoms with Crippen LogP contribution in [0.4, 0.5) is 17.6 Å². The van der Waals surface area contributed by atoms with Crippen LogP contribution in [-0.4, -0.2) is 10.8 Å². The predicted molar refractivity (Wildman–Crippen MR) is 66.7 cm³/mol. The quantitative estimate of drug-likeness (QED) is 0.519. The summed E-state index contributed by atoms with van der Waals surface area (Å²) in [6.07, 6.45) is -2.27. The van der Waals surface area contributed by atoms with Crippen molar-refractivity contribution >= 4 is 5.84 Å². The molecule has 0 spiro atoms. The number of hydrogen-bond acceptors (Lipinski definition) is 3. The molecule has 3 N–H and O–H groups in total. The number of alkyl halides is 3. The maximum atomic E-state index is 13.2. The molecule has 0 aliphatic heterocycles. The van der Waals surface area contributed by atoms with Gasteiger partial charge in [0.05, 0.1) is 17.3 Å². The fourth-order valence-electron chi connectivity index (χ4n) is 1.60. The van der Waals surface area contributed by atoms with Crippen LogP contribution in [0.1, 0.15) is 11.1 Å². The first-order valence-corrected chi connectivity index (χ1v) is 5.62. The molecule has 1 aromatic heterocycles. The molecule has 0 radical (unpaired) electrons. The summed E-state index contributed by atoms with van der Waals surface area (Å²) in [6.45, 7) is 0. The molecule has 1 heterocycles. The molecule has 4 nitrogen and oxygen atoms in total. The summed E-state index contributed by atoms with van der Waals surface area (Å²) in [4.78, 5) is 3.74. The second kappa shape index (κ2) is 5.39. The van der Waals surface area contributed by atoms with Crippen molar-refractivity contribution in [3.05, 3.63) is 53.6 Å². The monoisotopic (exact) mass is 299 g/mol. The van der Waals surface area contributed by atoms with Gasteiger partial charge < -0.3 is 10.5 Å². The second-order valence-corrected chi connectivity index (χ2v) is 4.03. The van der Waals surface area contributed by atoms with E-state index in [1.807, 2.05) is 0 Å². The summed E-state index contributed by atoms with van der Waals surface area (Å²) in [5.74, 6) is -1.96. The summed E-state index contributed by atoms with van der Waals surface area (Å²) < 4.78 is 56.2. The molecule has 0 fully saturated rings. The van der Waals surface area contributed by atoms with Gasteiger partial charge >= 0.3 is 6.18 Å². The fraction of sp³-hybridized carbons (Fsp3) is 0.0769. The van der Waals surface area contributed by atoms with E-state index in [9.17, 15) is 17.6 Å². The van der Waals surface area contributed by atoms with Gasteiger partial charge in [0.25, 0.3) is 0 Å². The smallest absolute Gasteiger partial charge is 0.419 e. The van der Waals surface area contributed by atoms with Crippen LogP contribution in [0.15, 0.2) is 36.7 Å². The average molecular weight is 299 g/mol. The van der Waals surface area contributed by atoms with Gasteiger partial charge in [0.15, 0.2) is 5.75 Å². The van der Waals surface area contributed by atoms with Crippen molar-refractivity contribution in [3.63, 3.8) is 0 Å². The topological polar surface area (TPSA) is 72.0 Å². The number of nitrogens with zero attached hydrogens (tertiary/aromatic N) is 1. The Morgan fingerprint density at radius 2 is 1.95 bits per heavy atom. The van der Waals surface area contributed by atoms with Crippen LogP contribution in [-0.2, 0) is 6.18 Å². The Hall–Kier alpha value is -2.64. The van der Waals surface area contributed by atoms with Crippen LogP contribution < -0.4 is 10.5 Å². The average Bonchev–Trinajstić information content (AvgIpc) is 2.40. The molecule has 0 saturated heterocycles. The van der Waals surface area contributed by atoms with Crippen molar-refractivity contribution in [1.82, 2.24) is 4.98 Å². The van der Waals surface area contributed by atoms with E-state index in [1.54, 1.807) is 0 Å². The molecule has 0 unspecified atom stereocenters. The minimum atomic E-state index is -4.83. The number of nitrogen functional groups attached to an aromatic ring is 1. The highest BCUT2D eigenvalue weighted by molar-refractivity contribution is 5.97. The highest BCUT2D eigenvalue weighted by atomic mass is 19.4. The lowest BCUT2D eigenvalue weighted by molar-refractivity contribution is -0.140. The number of pyridine rings is 1. The highest BCUT2D eigenvalue weighted by Crippen LogP contribution is 2.35. The molecule has 0 bridgehead atoms. The van der Waals surface area contributed by atoms with Gasteiger partial charge in [0, 0.05) is 6.20 Å². The van der Waals surface area contributed by atoms with Crippen molar-refractivity contribution in [2.45, 2.75) is 6.18 Å². The van der Waals surface area contributed by atoms with E-state index >= 15 is 0 Å². The summed E-state index contributed by atoms with van der Waals surface area (Å²) in [7, 11) is 0. The third-order valence-electron chi connectivity index (χ3n) is 2.55. The molecule has 2 rings (SSSR count). The Labute approximate surface area is 116 Å². The van der Waals surface area contributed by atoms with E-state index in [2.05, 4.69) is 4.98 Å². The van der Waals surface area contributed by atoms with E-state index in [1.165, 1.54) is 18.5 Å². The molecule has 21 heavy (non-hydrogen) atoms. The molecule has 0 atom stereocenters. The van der Waals surface area contributed by atoms with E-state index in [-0.39, 0.29) is 22.9 Å². The second-order valence-electron chi connectivity index (χ2n) is 4.03. The van der Waals surface area contributed by atoms with Gasteiger partial charge in [-0.3, -0.25) is 10.4 Å². The fourth-order valence-corrected chi connectivity index (χ4v) is 1.60. The maximum absolute atomic E-state index is 13.2. The zero-order valence-electron chi connectivity index (χ0n) is 10.4. The van der Waals surface area contributed by atoms with E-state index in [0.717, 1.165) is 6.07 Å². The number of benzene rings is 1. The van der Waals surface area contributed by atoms with Gasteiger partial charge in [-0.1, -0.05) is 0 Å². The van der Waals surface area contributed by atoms with Crippen molar-refractivity contribution < 1.29 is 22.3 Å². The maximum Gasteiger partial charge on any atom is 0.419 e. The lowest BCUT2D eigenvalue weighted by Gasteiger charge is -2.12. The van der Waals surface area contributed by atoms with Crippen LogP contribution in [0.25, 0.3) is 0 Å². The first kappa shape index (κ1) is 14.8. The Bertz CT molecular complexity index is 685. The summed E-state index contributed by atoms with van der Waals surface area (Å²) in [5.41, 5.74) is 4.06. The minimum absolute atomic E-state index is 0.00438. The summed E-state index contributed by atoms with van der Waals surface area (Å²) in [5, 5.41) is 7.35. The lowest BCUT2D eigenvalue weighted by Crippen LogP contribution is -2.12. The Balaban J connectivity index is 2.40. The van der Waals surface area contributed by atoms with Crippen LogP contribution in [0, 0.1) is 11.2 Å². The molecule has 0 saturated carbocycles. The molecular weight excluding hydrogens is 290 g/mol. The molecular formula is C13H9F4N3O. The van der Waals surface area contributed by atoms with Gasteiger partial charge in [-0.25, -0.2) is 4.39 Å². The van der Waals surface area contributed by atoms with Crippen molar-refractivity contribution in [2.24, 2.45) is 5.73 Å². The molecule has 0 amide bonds. The SMILES string of the molecule is N=C(N)c1ccncc1Oc1ccc(F)c(C(F)(F)F)c1. The first-order valence-electron chi connectivity index (χ1n) is 5.62. The number of hydrogen-bond donors (Lipinski definition) is 2. The standard InChI is InChI=1S/C13H9F4N3O/c14-10-2-1-7(5-9(10)13(15,16)17)21-11-6-20-4-3-8(11)12(18)19/h1-6H,(H3,18,19).